The van der Waals surface area contributed by atoms with Crippen LogP contribution in [-0.4, -0.2) is 23.7 Å². The first kappa shape index (κ1) is 26.7. The molecule has 0 aromatic heterocycles. The minimum absolute atomic E-state index is 0.121. The molecule has 1 N–H and O–H groups in total. The summed E-state index contributed by atoms with van der Waals surface area (Å²) >= 11 is 0. The quantitative estimate of drug-likeness (QED) is 0.136. The van der Waals surface area contributed by atoms with E-state index in [9.17, 15) is 9.59 Å². The molecule has 4 heteroatoms. The summed E-state index contributed by atoms with van der Waals surface area (Å²) in [4.78, 5) is 22.9. The Morgan fingerprint density at radius 2 is 1.32 bits per heavy atom. The molecule has 1 atom stereocenters. The lowest BCUT2D eigenvalue weighted by Gasteiger charge is -2.13. The number of carboxylic acid groups (broad SMARTS) is 1. The lowest BCUT2D eigenvalue weighted by molar-refractivity contribution is -0.153. The molecule has 0 saturated heterocycles. The molecule has 0 saturated carbocycles. The maximum atomic E-state index is 11.9. The molecule has 28 heavy (non-hydrogen) atoms. The molecule has 0 spiro atoms. The fourth-order valence-corrected chi connectivity index (χ4v) is 3.30. The number of hydrogen-bond acceptors (Lipinski definition) is 3. The van der Waals surface area contributed by atoms with Crippen LogP contribution in [0.1, 0.15) is 117 Å². The third-order valence-electron chi connectivity index (χ3n) is 5.02. The minimum atomic E-state index is -0.926. The molecule has 164 valence electrons. The second-order valence-electron chi connectivity index (χ2n) is 7.84. The number of carboxylic acids is 1. The fraction of sp³-hybridized carbons (Fsp3) is 0.833. The van der Waals surface area contributed by atoms with E-state index in [-0.39, 0.29) is 12.4 Å². The number of unbranched alkanes of at least 4 members (excludes halogenated alkanes) is 11. The first-order valence-corrected chi connectivity index (χ1v) is 11.6. The molecule has 0 rings (SSSR count). The zero-order valence-electron chi connectivity index (χ0n) is 18.4. The van der Waals surface area contributed by atoms with Crippen LogP contribution in [-0.2, 0) is 14.3 Å². The monoisotopic (exact) mass is 396 g/mol. The van der Waals surface area contributed by atoms with Crippen molar-refractivity contribution in [1.29, 1.82) is 0 Å². The van der Waals surface area contributed by atoms with E-state index in [1.807, 2.05) is 6.92 Å². The van der Waals surface area contributed by atoms with Gasteiger partial charge in [0.25, 0.3) is 0 Å². The Balaban J connectivity index is 3.61. The Labute approximate surface area is 173 Å². The van der Waals surface area contributed by atoms with Gasteiger partial charge in [0.05, 0.1) is 18.9 Å². The Morgan fingerprint density at radius 3 is 1.86 bits per heavy atom. The molecule has 0 heterocycles. The van der Waals surface area contributed by atoms with E-state index in [0.717, 1.165) is 38.5 Å². The van der Waals surface area contributed by atoms with Crippen LogP contribution in [0.2, 0.25) is 0 Å². The van der Waals surface area contributed by atoms with E-state index in [1.165, 1.54) is 51.4 Å². The predicted octanol–water partition coefficient (Wildman–Crippen LogP) is 7.07. The second kappa shape index (κ2) is 20.4. The SMILES string of the molecule is CCCCCCCCC/C=C/CCCCCCC(CC(=O)O)C(=O)OCCC. The van der Waals surface area contributed by atoms with Crippen molar-refractivity contribution in [2.45, 2.75) is 117 Å². The van der Waals surface area contributed by atoms with Gasteiger partial charge in [-0.15, -0.1) is 0 Å². The largest absolute Gasteiger partial charge is 0.481 e. The smallest absolute Gasteiger partial charge is 0.309 e. The molecule has 0 radical (unpaired) electrons. The molecule has 0 amide bonds. The molecular weight excluding hydrogens is 352 g/mol. The van der Waals surface area contributed by atoms with Gasteiger partial charge >= 0.3 is 11.9 Å². The zero-order valence-corrected chi connectivity index (χ0v) is 18.4. The van der Waals surface area contributed by atoms with Gasteiger partial charge in [-0.05, 0) is 38.5 Å². The summed E-state index contributed by atoms with van der Waals surface area (Å²) in [5, 5.41) is 8.97. The van der Waals surface area contributed by atoms with Crippen molar-refractivity contribution in [3.05, 3.63) is 12.2 Å². The minimum Gasteiger partial charge on any atom is -0.481 e. The lowest BCUT2D eigenvalue weighted by Crippen LogP contribution is -2.21. The highest BCUT2D eigenvalue weighted by Gasteiger charge is 2.22. The number of allylic oxidation sites excluding steroid dienone is 2. The summed E-state index contributed by atoms with van der Waals surface area (Å²) in [6.45, 7) is 4.56. The van der Waals surface area contributed by atoms with Gasteiger partial charge in [0.1, 0.15) is 0 Å². The Morgan fingerprint density at radius 1 is 0.786 bits per heavy atom. The van der Waals surface area contributed by atoms with E-state index < -0.39 is 11.9 Å². The van der Waals surface area contributed by atoms with Gasteiger partial charge < -0.3 is 9.84 Å². The average Bonchev–Trinajstić information content (AvgIpc) is 2.67. The van der Waals surface area contributed by atoms with Gasteiger partial charge in [0.2, 0.25) is 0 Å². The molecule has 0 bridgehead atoms. The van der Waals surface area contributed by atoms with Gasteiger partial charge in [-0.1, -0.05) is 83.8 Å². The summed E-state index contributed by atoms with van der Waals surface area (Å²) < 4.78 is 5.12. The average molecular weight is 397 g/mol. The van der Waals surface area contributed by atoms with Crippen molar-refractivity contribution in [2.24, 2.45) is 5.92 Å². The molecule has 4 nitrogen and oxygen atoms in total. The lowest BCUT2D eigenvalue weighted by atomic mass is 9.97. The highest BCUT2D eigenvalue weighted by molar-refractivity contribution is 5.79. The number of aliphatic carboxylic acids is 1. The van der Waals surface area contributed by atoms with Crippen molar-refractivity contribution in [2.75, 3.05) is 6.61 Å². The highest BCUT2D eigenvalue weighted by atomic mass is 16.5. The summed E-state index contributed by atoms with van der Waals surface area (Å²) in [5.74, 6) is -1.77. The van der Waals surface area contributed by atoms with Crippen molar-refractivity contribution in [1.82, 2.24) is 0 Å². The van der Waals surface area contributed by atoms with E-state index in [1.54, 1.807) is 0 Å². The highest BCUT2D eigenvalue weighted by Crippen LogP contribution is 2.17. The fourth-order valence-electron chi connectivity index (χ4n) is 3.30. The molecule has 0 aromatic rings. The van der Waals surface area contributed by atoms with Crippen LogP contribution < -0.4 is 0 Å². The van der Waals surface area contributed by atoms with Crippen molar-refractivity contribution >= 4 is 11.9 Å². The first-order chi connectivity index (χ1) is 13.6. The predicted molar refractivity (Wildman–Crippen MR) is 116 cm³/mol. The van der Waals surface area contributed by atoms with E-state index in [2.05, 4.69) is 19.1 Å². The van der Waals surface area contributed by atoms with Gasteiger partial charge in [-0.2, -0.15) is 0 Å². The van der Waals surface area contributed by atoms with Crippen LogP contribution in [0.5, 0.6) is 0 Å². The molecule has 0 aliphatic carbocycles. The maximum absolute atomic E-state index is 11.9. The van der Waals surface area contributed by atoms with Crippen molar-refractivity contribution in [3.63, 3.8) is 0 Å². The van der Waals surface area contributed by atoms with E-state index >= 15 is 0 Å². The van der Waals surface area contributed by atoms with E-state index in [4.69, 9.17) is 9.84 Å². The topological polar surface area (TPSA) is 63.6 Å². The normalized spacial score (nSPS) is 12.4. The molecular formula is C24H44O4. The zero-order chi connectivity index (χ0) is 20.9. The van der Waals surface area contributed by atoms with Crippen molar-refractivity contribution in [3.8, 4) is 0 Å². The maximum Gasteiger partial charge on any atom is 0.309 e. The van der Waals surface area contributed by atoms with E-state index in [0.29, 0.717) is 13.0 Å². The van der Waals surface area contributed by atoms with Crippen LogP contribution in [0.25, 0.3) is 0 Å². The summed E-state index contributed by atoms with van der Waals surface area (Å²) in [5.41, 5.74) is 0. The van der Waals surface area contributed by atoms with Crippen LogP contribution >= 0.6 is 0 Å². The molecule has 1 unspecified atom stereocenters. The number of ether oxygens (including phenoxy) is 1. The Kier molecular flexibility index (Phi) is 19.5. The number of carbonyl (C=O) groups is 2. The molecule has 0 fully saturated rings. The third-order valence-corrected chi connectivity index (χ3v) is 5.02. The number of rotatable bonds is 20. The summed E-state index contributed by atoms with van der Waals surface area (Å²) in [6, 6.07) is 0. The Bertz CT molecular complexity index is 403. The second-order valence-corrected chi connectivity index (χ2v) is 7.84. The number of carbonyl (C=O) groups excluding carboxylic acids is 1. The van der Waals surface area contributed by atoms with Gasteiger partial charge in [0, 0.05) is 0 Å². The van der Waals surface area contributed by atoms with Crippen LogP contribution in [0, 0.1) is 5.92 Å². The molecule has 0 aliphatic rings. The molecule has 0 aromatic carbocycles. The Hall–Kier alpha value is -1.32. The number of esters is 1. The molecule has 0 aliphatic heterocycles. The van der Waals surface area contributed by atoms with Gasteiger partial charge in [-0.3, -0.25) is 9.59 Å². The first-order valence-electron chi connectivity index (χ1n) is 11.6. The van der Waals surface area contributed by atoms with Crippen LogP contribution in [0.4, 0.5) is 0 Å². The number of hydrogen-bond donors (Lipinski definition) is 1. The third kappa shape index (κ3) is 18.1. The summed E-state index contributed by atoms with van der Waals surface area (Å²) in [7, 11) is 0. The van der Waals surface area contributed by atoms with Crippen LogP contribution in [0.3, 0.4) is 0 Å². The summed E-state index contributed by atoms with van der Waals surface area (Å²) in [6.07, 6.45) is 21.9. The standard InChI is InChI=1S/C24H44O4/c1-3-5-6-7-8-9-10-11-12-13-14-15-16-17-18-19-22(21-23(25)26)24(27)28-20-4-2/h12-13,22H,3-11,14-21H2,1-2H3,(H,25,26)/b13-12+. The van der Waals surface area contributed by atoms with Crippen LogP contribution in [0.15, 0.2) is 12.2 Å². The van der Waals surface area contributed by atoms with Crippen molar-refractivity contribution < 1.29 is 19.4 Å². The van der Waals surface area contributed by atoms with Gasteiger partial charge in [-0.25, -0.2) is 0 Å². The van der Waals surface area contributed by atoms with Gasteiger partial charge in [0.15, 0.2) is 0 Å².